The van der Waals surface area contributed by atoms with E-state index in [1.165, 1.54) is 11.3 Å². The maximum Gasteiger partial charge on any atom is 0.265 e. The van der Waals surface area contributed by atoms with E-state index in [1.54, 1.807) is 11.4 Å². The number of rotatable bonds is 2. The van der Waals surface area contributed by atoms with Crippen molar-refractivity contribution in [1.29, 1.82) is 0 Å². The first kappa shape index (κ1) is 12.3. The number of carbonyl (C=O) groups is 1. The Morgan fingerprint density at radius 1 is 1.37 bits per heavy atom. The smallest absolute Gasteiger partial charge is 0.265 e. The van der Waals surface area contributed by atoms with Gasteiger partial charge >= 0.3 is 0 Å². The van der Waals surface area contributed by atoms with Crippen LogP contribution in [0.1, 0.15) is 15.4 Å². The first-order valence-electron chi connectivity index (χ1n) is 5.68. The number of para-hydroxylation sites is 1. The second kappa shape index (κ2) is 4.72. The molecule has 0 aliphatic rings. The molecule has 3 nitrogen and oxygen atoms in total. The quantitative estimate of drug-likeness (QED) is 0.743. The lowest BCUT2D eigenvalue weighted by atomic mass is 10.2. The van der Waals surface area contributed by atoms with Crippen LogP contribution in [0.5, 0.6) is 0 Å². The zero-order valence-electron chi connectivity index (χ0n) is 10.1. The first-order chi connectivity index (χ1) is 9.13. The van der Waals surface area contributed by atoms with Crippen molar-refractivity contribution in [3.63, 3.8) is 0 Å². The second-order valence-corrected chi connectivity index (χ2v) is 5.51. The highest BCUT2D eigenvalue weighted by molar-refractivity contribution is 7.12. The molecule has 96 valence electrons. The summed E-state index contributed by atoms with van der Waals surface area (Å²) in [5, 5.41) is 6.12. The largest absolute Gasteiger partial charge is 0.459 e. The lowest BCUT2D eigenvalue weighted by molar-refractivity contribution is 0.103. The number of thiophene rings is 1. The van der Waals surface area contributed by atoms with Crippen LogP contribution in [0.4, 0.5) is 5.69 Å². The Kier molecular flexibility index (Phi) is 3.05. The standard InChI is InChI=1S/C14H10ClNO2S/c1-8-5-9-3-2-4-11(13(9)18-8)16-14(17)12-6-10(15)7-19-12/h2-7H,1H3,(H,16,17). The summed E-state index contributed by atoms with van der Waals surface area (Å²) < 4.78 is 5.60. The summed E-state index contributed by atoms with van der Waals surface area (Å²) in [5.74, 6) is 0.634. The van der Waals surface area contributed by atoms with Crippen LogP contribution in [0.3, 0.4) is 0 Å². The monoisotopic (exact) mass is 291 g/mol. The average Bonchev–Trinajstić information content (AvgIpc) is 2.95. The fraction of sp³-hybridized carbons (Fsp3) is 0.0714. The molecular weight excluding hydrogens is 282 g/mol. The van der Waals surface area contributed by atoms with E-state index >= 15 is 0 Å². The molecule has 1 aromatic carbocycles. The van der Waals surface area contributed by atoms with Crippen molar-refractivity contribution in [2.24, 2.45) is 0 Å². The molecule has 2 aromatic heterocycles. The Bertz CT molecular complexity index is 760. The van der Waals surface area contributed by atoms with Crippen LogP contribution >= 0.6 is 22.9 Å². The fourth-order valence-corrected chi connectivity index (χ4v) is 2.87. The second-order valence-electron chi connectivity index (χ2n) is 4.16. The molecule has 3 rings (SSSR count). The van der Waals surface area contributed by atoms with E-state index in [-0.39, 0.29) is 5.91 Å². The predicted octanol–water partition coefficient (Wildman–Crippen LogP) is 4.71. The van der Waals surface area contributed by atoms with Gasteiger partial charge in [-0.05, 0) is 25.1 Å². The number of nitrogens with one attached hydrogen (secondary N) is 1. The van der Waals surface area contributed by atoms with E-state index in [0.717, 1.165) is 11.1 Å². The summed E-state index contributed by atoms with van der Waals surface area (Å²) in [6.45, 7) is 1.88. The SMILES string of the molecule is Cc1cc2cccc(NC(=O)c3cc(Cl)cs3)c2o1. The van der Waals surface area contributed by atoms with Crippen molar-refractivity contribution in [2.45, 2.75) is 6.92 Å². The van der Waals surface area contributed by atoms with Gasteiger partial charge in [0.15, 0.2) is 5.58 Å². The van der Waals surface area contributed by atoms with Crippen molar-refractivity contribution in [3.8, 4) is 0 Å². The molecule has 0 aliphatic heterocycles. The molecule has 0 saturated heterocycles. The molecule has 1 N–H and O–H groups in total. The molecule has 0 saturated carbocycles. The molecule has 0 bridgehead atoms. The summed E-state index contributed by atoms with van der Waals surface area (Å²) in [4.78, 5) is 12.7. The molecule has 0 spiro atoms. The van der Waals surface area contributed by atoms with Gasteiger partial charge in [0.2, 0.25) is 0 Å². The number of fused-ring (bicyclic) bond motifs is 1. The van der Waals surface area contributed by atoms with Crippen LogP contribution in [0.15, 0.2) is 40.1 Å². The number of halogens is 1. The summed E-state index contributed by atoms with van der Waals surface area (Å²) in [6.07, 6.45) is 0. The number of aryl methyl sites for hydroxylation is 1. The minimum atomic E-state index is -0.182. The lowest BCUT2D eigenvalue weighted by Crippen LogP contribution is -2.10. The van der Waals surface area contributed by atoms with Gasteiger partial charge in [-0.2, -0.15) is 0 Å². The molecule has 0 radical (unpaired) electrons. The van der Waals surface area contributed by atoms with Crippen LogP contribution < -0.4 is 5.32 Å². The van der Waals surface area contributed by atoms with Crippen LogP contribution in [0.2, 0.25) is 5.02 Å². The maximum absolute atomic E-state index is 12.1. The first-order valence-corrected chi connectivity index (χ1v) is 6.94. The van der Waals surface area contributed by atoms with Gasteiger partial charge in [-0.3, -0.25) is 4.79 Å². The molecular formula is C14H10ClNO2S. The highest BCUT2D eigenvalue weighted by Gasteiger charge is 2.12. The normalized spacial score (nSPS) is 10.8. The van der Waals surface area contributed by atoms with Crippen LogP contribution in [-0.4, -0.2) is 5.91 Å². The van der Waals surface area contributed by atoms with E-state index < -0.39 is 0 Å². The van der Waals surface area contributed by atoms with Crippen molar-refractivity contribution in [1.82, 2.24) is 0 Å². The van der Waals surface area contributed by atoms with Gasteiger partial charge in [-0.15, -0.1) is 11.3 Å². The van der Waals surface area contributed by atoms with E-state index in [0.29, 0.717) is 21.2 Å². The summed E-state index contributed by atoms with van der Waals surface area (Å²) in [5.41, 5.74) is 1.36. The van der Waals surface area contributed by atoms with Crippen molar-refractivity contribution in [3.05, 3.63) is 51.4 Å². The van der Waals surface area contributed by atoms with Gasteiger partial charge < -0.3 is 9.73 Å². The summed E-state index contributed by atoms with van der Waals surface area (Å²) >= 11 is 7.13. The van der Waals surface area contributed by atoms with Gasteiger partial charge in [0.05, 0.1) is 15.6 Å². The van der Waals surface area contributed by atoms with Gasteiger partial charge in [-0.1, -0.05) is 23.7 Å². The predicted molar refractivity (Wildman–Crippen MR) is 78.2 cm³/mol. The molecule has 1 amide bonds. The summed E-state index contributed by atoms with van der Waals surface area (Å²) in [6, 6.07) is 9.23. The van der Waals surface area contributed by atoms with E-state index in [1.807, 2.05) is 31.2 Å². The van der Waals surface area contributed by atoms with E-state index in [2.05, 4.69) is 5.32 Å². The Labute approximate surface area is 118 Å². The molecule has 0 fully saturated rings. The zero-order valence-corrected chi connectivity index (χ0v) is 11.6. The third-order valence-corrected chi connectivity index (χ3v) is 3.98. The number of anilines is 1. The molecule has 3 aromatic rings. The molecule has 0 unspecified atom stereocenters. The van der Waals surface area contributed by atoms with Crippen LogP contribution in [0.25, 0.3) is 11.0 Å². The highest BCUT2D eigenvalue weighted by atomic mass is 35.5. The Balaban J connectivity index is 1.95. The number of hydrogen-bond donors (Lipinski definition) is 1. The third kappa shape index (κ3) is 2.37. The number of hydrogen-bond acceptors (Lipinski definition) is 3. The van der Waals surface area contributed by atoms with Gasteiger partial charge in [0.1, 0.15) is 5.76 Å². The van der Waals surface area contributed by atoms with E-state index in [9.17, 15) is 4.79 Å². The molecule has 2 heterocycles. The summed E-state index contributed by atoms with van der Waals surface area (Å²) in [7, 11) is 0. The maximum atomic E-state index is 12.1. The zero-order chi connectivity index (χ0) is 13.4. The number of carbonyl (C=O) groups excluding carboxylic acids is 1. The molecule has 0 aliphatic carbocycles. The number of benzene rings is 1. The van der Waals surface area contributed by atoms with Crippen LogP contribution in [0, 0.1) is 6.92 Å². The Hall–Kier alpha value is -1.78. The fourth-order valence-electron chi connectivity index (χ4n) is 1.91. The Morgan fingerprint density at radius 3 is 2.95 bits per heavy atom. The Morgan fingerprint density at radius 2 is 2.21 bits per heavy atom. The molecule has 0 atom stereocenters. The highest BCUT2D eigenvalue weighted by Crippen LogP contribution is 2.27. The van der Waals surface area contributed by atoms with Gasteiger partial charge in [0.25, 0.3) is 5.91 Å². The van der Waals surface area contributed by atoms with Gasteiger partial charge in [0, 0.05) is 10.8 Å². The van der Waals surface area contributed by atoms with Crippen LogP contribution in [-0.2, 0) is 0 Å². The third-order valence-electron chi connectivity index (χ3n) is 2.71. The van der Waals surface area contributed by atoms with Crippen molar-refractivity contribution in [2.75, 3.05) is 5.32 Å². The van der Waals surface area contributed by atoms with Crippen molar-refractivity contribution < 1.29 is 9.21 Å². The number of amides is 1. The molecule has 5 heteroatoms. The number of furan rings is 1. The van der Waals surface area contributed by atoms with Crippen molar-refractivity contribution >= 4 is 45.5 Å². The minimum Gasteiger partial charge on any atom is -0.459 e. The molecule has 19 heavy (non-hydrogen) atoms. The lowest BCUT2D eigenvalue weighted by Gasteiger charge is -2.03. The minimum absolute atomic E-state index is 0.182. The average molecular weight is 292 g/mol. The van der Waals surface area contributed by atoms with E-state index in [4.69, 9.17) is 16.0 Å². The van der Waals surface area contributed by atoms with Gasteiger partial charge in [-0.25, -0.2) is 0 Å². The topological polar surface area (TPSA) is 42.2 Å².